The lowest BCUT2D eigenvalue weighted by Crippen LogP contribution is -2.47. The highest BCUT2D eigenvalue weighted by Crippen LogP contribution is 2.47. The summed E-state index contributed by atoms with van der Waals surface area (Å²) in [5.74, 6) is 2.92. The first kappa shape index (κ1) is 11.5. The van der Waals surface area contributed by atoms with Crippen molar-refractivity contribution in [2.45, 2.75) is 51.0 Å². The number of amides is 1. The SMILES string of the molecule is O=C(NCC1CC2CCC1C2)C1CCCCN1. The van der Waals surface area contributed by atoms with Gasteiger partial charge in [0.25, 0.3) is 0 Å². The predicted octanol–water partition coefficient (Wildman–Crippen LogP) is 1.68. The van der Waals surface area contributed by atoms with Gasteiger partial charge in [0, 0.05) is 6.54 Å². The van der Waals surface area contributed by atoms with Crippen LogP contribution in [0.25, 0.3) is 0 Å². The van der Waals surface area contributed by atoms with E-state index in [2.05, 4.69) is 10.6 Å². The fourth-order valence-corrected chi connectivity index (χ4v) is 4.06. The highest BCUT2D eigenvalue weighted by atomic mass is 16.2. The van der Waals surface area contributed by atoms with Crippen LogP contribution in [0.4, 0.5) is 0 Å². The van der Waals surface area contributed by atoms with Crippen molar-refractivity contribution in [3.8, 4) is 0 Å². The van der Waals surface area contributed by atoms with Crippen LogP contribution in [0, 0.1) is 17.8 Å². The molecule has 1 heterocycles. The molecule has 2 aliphatic carbocycles. The molecule has 1 aliphatic heterocycles. The third-order valence-corrected chi connectivity index (χ3v) is 5.05. The van der Waals surface area contributed by atoms with Crippen molar-refractivity contribution in [1.82, 2.24) is 10.6 Å². The molecule has 2 bridgehead atoms. The van der Waals surface area contributed by atoms with Gasteiger partial charge < -0.3 is 10.6 Å². The first-order valence-electron chi connectivity index (χ1n) is 7.34. The van der Waals surface area contributed by atoms with Crippen molar-refractivity contribution in [2.24, 2.45) is 17.8 Å². The summed E-state index contributed by atoms with van der Waals surface area (Å²) < 4.78 is 0. The van der Waals surface area contributed by atoms with E-state index in [0.717, 1.165) is 37.3 Å². The maximum atomic E-state index is 12.0. The zero-order chi connectivity index (χ0) is 11.7. The molecule has 3 nitrogen and oxygen atoms in total. The van der Waals surface area contributed by atoms with Gasteiger partial charge in [-0.15, -0.1) is 0 Å². The molecule has 1 amide bonds. The maximum absolute atomic E-state index is 12.0. The van der Waals surface area contributed by atoms with Crippen LogP contribution < -0.4 is 10.6 Å². The Labute approximate surface area is 104 Å². The lowest BCUT2D eigenvalue weighted by Gasteiger charge is -2.25. The normalized spacial score (nSPS) is 40.5. The highest BCUT2D eigenvalue weighted by Gasteiger charge is 2.39. The Morgan fingerprint density at radius 1 is 1.18 bits per heavy atom. The van der Waals surface area contributed by atoms with Crippen molar-refractivity contribution in [3.05, 3.63) is 0 Å². The molecule has 17 heavy (non-hydrogen) atoms. The third-order valence-electron chi connectivity index (χ3n) is 5.05. The van der Waals surface area contributed by atoms with Gasteiger partial charge >= 0.3 is 0 Å². The smallest absolute Gasteiger partial charge is 0.237 e. The summed E-state index contributed by atoms with van der Waals surface area (Å²) in [4.78, 5) is 12.0. The van der Waals surface area contributed by atoms with Crippen LogP contribution in [-0.4, -0.2) is 25.0 Å². The summed E-state index contributed by atoms with van der Waals surface area (Å²) in [6.07, 6.45) is 9.08. The molecule has 3 rings (SSSR count). The first-order chi connectivity index (χ1) is 8.33. The van der Waals surface area contributed by atoms with E-state index in [1.54, 1.807) is 0 Å². The Kier molecular flexibility index (Phi) is 3.37. The van der Waals surface area contributed by atoms with Crippen molar-refractivity contribution in [3.63, 3.8) is 0 Å². The van der Waals surface area contributed by atoms with Crippen LogP contribution >= 0.6 is 0 Å². The molecule has 4 atom stereocenters. The second kappa shape index (κ2) is 4.97. The predicted molar refractivity (Wildman–Crippen MR) is 67.6 cm³/mol. The number of carbonyl (C=O) groups excluding carboxylic acids is 1. The largest absolute Gasteiger partial charge is 0.354 e. The zero-order valence-corrected chi connectivity index (χ0v) is 10.6. The van der Waals surface area contributed by atoms with Gasteiger partial charge in [-0.2, -0.15) is 0 Å². The van der Waals surface area contributed by atoms with E-state index in [4.69, 9.17) is 0 Å². The van der Waals surface area contributed by atoms with E-state index in [1.807, 2.05) is 0 Å². The lowest BCUT2D eigenvalue weighted by atomic mass is 9.89. The summed E-state index contributed by atoms with van der Waals surface area (Å²) in [6, 6.07) is 0.0855. The number of fused-ring (bicyclic) bond motifs is 2. The van der Waals surface area contributed by atoms with E-state index in [9.17, 15) is 4.79 Å². The molecule has 0 aromatic heterocycles. The average molecular weight is 236 g/mol. The molecule has 1 saturated heterocycles. The molecule has 3 fully saturated rings. The Balaban J connectivity index is 1.43. The quantitative estimate of drug-likeness (QED) is 0.783. The van der Waals surface area contributed by atoms with Crippen LogP contribution in [0.2, 0.25) is 0 Å². The Bertz CT molecular complexity index is 286. The molecule has 0 aromatic rings. The summed E-state index contributed by atoms with van der Waals surface area (Å²) in [5, 5.41) is 6.49. The van der Waals surface area contributed by atoms with Crippen molar-refractivity contribution < 1.29 is 4.79 Å². The molecule has 2 saturated carbocycles. The van der Waals surface area contributed by atoms with E-state index in [0.29, 0.717) is 0 Å². The van der Waals surface area contributed by atoms with E-state index in [-0.39, 0.29) is 11.9 Å². The average Bonchev–Trinajstić information content (AvgIpc) is 2.99. The molecule has 3 heteroatoms. The van der Waals surface area contributed by atoms with Crippen LogP contribution in [0.1, 0.15) is 44.9 Å². The van der Waals surface area contributed by atoms with E-state index in [1.165, 1.54) is 38.5 Å². The van der Waals surface area contributed by atoms with Crippen molar-refractivity contribution in [2.75, 3.05) is 13.1 Å². The molecule has 0 spiro atoms. The van der Waals surface area contributed by atoms with Gasteiger partial charge in [-0.05, 0) is 56.4 Å². The number of carbonyl (C=O) groups is 1. The lowest BCUT2D eigenvalue weighted by molar-refractivity contribution is -0.123. The molecule has 0 aromatic carbocycles. The second-order valence-electron chi connectivity index (χ2n) is 6.18. The van der Waals surface area contributed by atoms with Gasteiger partial charge in [0.2, 0.25) is 5.91 Å². The van der Waals surface area contributed by atoms with Gasteiger partial charge in [-0.3, -0.25) is 4.79 Å². The fourth-order valence-electron chi connectivity index (χ4n) is 4.06. The second-order valence-corrected chi connectivity index (χ2v) is 6.18. The maximum Gasteiger partial charge on any atom is 0.237 e. The molecular weight excluding hydrogens is 212 g/mol. The zero-order valence-electron chi connectivity index (χ0n) is 10.6. The topological polar surface area (TPSA) is 41.1 Å². The van der Waals surface area contributed by atoms with Crippen molar-refractivity contribution >= 4 is 5.91 Å². The monoisotopic (exact) mass is 236 g/mol. The highest BCUT2D eigenvalue weighted by molar-refractivity contribution is 5.81. The van der Waals surface area contributed by atoms with E-state index >= 15 is 0 Å². The summed E-state index contributed by atoms with van der Waals surface area (Å²) >= 11 is 0. The minimum absolute atomic E-state index is 0.0855. The number of rotatable bonds is 3. The standard InChI is InChI=1S/C14H24N2O/c17-14(13-3-1-2-6-15-13)16-9-12-8-10-4-5-11(12)7-10/h10-13,15H,1-9H2,(H,16,17). The van der Waals surface area contributed by atoms with Gasteiger partial charge in [0.15, 0.2) is 0 Å². The summed E-state index contributed by atoms with van der Waals surface area (Å²) in [5.41, 5.74) is 0. The third kappa shape index (κ3) is 2.49. The van der Waals surface area contributed by atoms with Crippen LogP contribution in [0.15, 0.2) is 0 Å². The Hall–Kier alpha value is -0.570. The van der Waals surface area contributed by atoms with Gasteiger partial charge in [-0.25, -0.2) is 0 Å². The minimum Gasteiger partial charge on any atom is -0.354 e. The van der Waals surface area contributed by atoms with Crippen LogP contribution in [0.3, 0.4) is 0 Å². The molecular formula is C14H24N2O. The van der Waals surface area contributed by atoms with Crippen LogP contribution in [0.5, 0.6) is 0 Å². The summed E-state index contributed by atoms with van der Waals surface area (Å²) in [6.45, 7) is 1.93. The molecule has 3 aliphatic rings. The molecule has 4 unspecified atom stereocenters. The number of nitrogens with one attached hydrogen (secondary N) is 2. The first-order valence-corrected chi connectivity index (χ1v) is 7.34. The summed E-state index contributed by atoms with van der Waals surface area (Å²) in [7, 11) is 0. The van der Waals surface area contributed by atoms with Crippen molar-refractivity contribution in [1.29, 1.82) is 0 Å². The Morgan fingerprint density at radius 3 is 2.76 bits per heavy atom. The Morgan fingerprint density at radius 2 is 2.12 bits per heavy atom. The molecule has 2 N–H and O–H groups in total. The number of piperidine rings is 1. The number of hydrogen-bond acceptors (Lipinski definition) is 2. The minimum atomic E-state index is 0.0855. The van der Waals surface area contributed by atoms with E-state index < -0.39 is 0 Å². The van der Waals surface area contributed by atoms with Gasteiger partial charge in [-0.1, -0.05) is 12.8 Å². The number of hydrogen-bond donors (Lipinski definition) is 2. The molecule has 96 valence electrons. The fraction of sp³-hybridized carbons (Fsp3) is 0.929. The van der Waals surface area contributed by atoms with Crippen LogP contribution in [-0.2, 0) is 4.79 Å². The van der Waals surface area contributed by atoms with Gasteiger partial charge in [0.05, 0.1) is 6.04 Å². The molecule has 0 radical (unpaired) electrons. The van der Waals surface area contributed by atoms with Gasteiger partial charge in [0.1, 0.15) is 0 Å².